The van der Waals surface area contributed by atoms with Gasteiger partial charge in [0.05, 0.1) is 11.7 Å². The van der Waals surface area contributed by atoms with Gasteiger partial charge in [-0.15, -0.1) is 0 Å². The first-order valence-electron chi connectivity index (χ1n) is 11.9. The summed E-state index contributed by atoms with van der Waals surface area (Å²) < 4.78 is 11.0. The van der Waals surface area contributed by atoms with Gasteiger partial charge in [-0.05, 0) is 62.7 Å². The Balaban J connectivity index is 1.64. The van der Waals surface area contributed by atoms with Crippen LogP contribution < -0.4 is 0 Å². The number of esters is 2. The number of rotatable bonds is 3. The fourth-order valence-electron chi connectivity index (χ4n) is 8.04. The normalized spacial score (nSPS) is 47.3. The van der Waals surface area contributed by atoms with Gasteiger partial charge in [-0.25, -0.2) is 0 Å². The molecule has 9 atom stereocenters. The highest BCUT2D eigenvalue weighted by molar-refractivity contribution is 5.66. The maximum Gasteiger partial charge on any atom is 0.302 e. The summed E-state index contributed by atoms with van der Waals surface area (Å²) in [4.78, 5) is 23.0. The van der Waals surface area contributed by atoms with Gasteiger partial charge in [-0.3, -0.25) is 9.59 Å². The van der Waals surface area contributed by atoms with Crippen LogP contribution in [0.3, 0.4) is 0 Å². The number of carbonyl (C=O) groups excluding carboxylic acids is 2. The van der Waals surface area contributed by atoms with Gasteiger partial charge in [0.1, 0.15) is 12.2 Å². The molecule has 2 N–H and O–H groups in total. The fraction of sp³-hybridized carbons (Fsp3) is 0.840. The Kier molecular flexibility index (Phi) is 5.57. The smallest absolute Gasteiger partial charge is 0.302 e. The predicted octanol–water partition coefficient (Wildman–Crippen LogP) is 3.53. The Labute approximate surface area is 185 Å². The lowest BCUT2D eigenvalue weighted by atomic mass is 9.45. The minimum atomic E-state index is -0.994. The van der Waals surface area contributed by atoms with E-state index in [9.17, 15) is 19.8 Å². The van der Waals surface area contributed by atoms with E-state index in [1.54, 1.807) is 0 Å². The Hall–Kier alpha value is -1.40. The van der Waals surface area contributed by atoms with Crippen LogP contribution in [0.15, 0.2) is 11.6 Å². The van der Waals surface area contributed by atoms with E-state index >= 15 is 0 Å². The van der Waals surface area contributed by atoms with Crippen LogP contribution in [0.25, 0.3) is 0 Å². The SMILES string of the molecule is CC(=O)OC(C)[C@H]1CC[C@]2(O)C3CC=C4C[C@@H](OC(C)=O)CC[C@]4(C)C3C[C@@H](O)[C@]12C. The van der Waals surface area contributed by atoms with Gasteiger partial charge < -0.3 is 19.7 Å². The van der Waals surface area contributed by atoms with E-state index in [2.05, 4.69) is 13.0 Å². The molecule has 0 aromatic heterocycles. The number of ether oxygens (including phenoxy) is 2. The maximum absolute atomic E-state index is 12.2. The summed E-state index contributed by atoms with van der Waals surface area (Å²) in [5, 5.41) is 23.6. The summed E-state index contributed by atoms with van der Waals surface area (Å²) in [6.45, 7) is 9.03. The molecule has 6 heteroatoms. The summed E-state index contributed by atoms with van der Waals surface area (Å²) >= 11 is 0. The van der Waals surface area contributed by atoms with Crippen molar-refractivity contribution in [2.45, 2.75) is 103 Å². The average Bonchev–Trinajstić information content (AvgIpc) is 2.95. The van der Waals surface area contributed by atoms with Gasteiger partial charge >= 0.3 is 11.9 Å². The lowest BCUT2D eigenvalue weighted by molar-refractivity contribution is -0.233. The third-order valence-electron chi connectivity index (χ3n) is 9.66. The van der Waals surface area contributed by atoms with Gasteiger partial charge in [-0.2, -0.15) is 0 Å². The molecule has 4 rings (SSSR count). The molecule has 0 amide bonds. The number of aliphatic hydroxyl groups is 2. The van der Waals surface area contributed by atoms with E-state index < -0.39 is 17.1 Å². The molecule has 0 radical (unpaired) electrons. The number of carbonyl (C=O) groups is 2. The summed E-state index contributed by atoms with van der Waals surface area (Å²) in [7, 11) is 0. The third-order valence-corrected chi connectivity index (χ3v) is 9.66. The summed E-state index contributed by atoms with van der Waals surface area (Å²) in [6, 6.07) is 0. The molecular formula is C25H38O6. The van der Waals surface area contributed by atoms with Crippen molar-refractivity contribution >= 4 is 11.9 Å². The molecule has 174 valence electrons. The topological polar surface area (TPSA) is 93.1 Å². The molecule has 0 aromatic rings. The van der Waals surface area contributed by atoms with Gasteiger partial charge in [0, 0.05) is 31.6 Å². The quantitative estimate of drug-likeness (QED) is 0.521. The van der Waals surface area contributed by atoms with E-state index in [1.165, 1.54) is 19.4 Å². The van der Waals surface area contributed by atoms with Crippen molar-refractivity contribution in [2.24, 2.45) is 28.6 Å². The van der Waals surface area contributed by atoms with E-state index in [0.29, 0.717) is 12.8 Å². The summed E-state index contributed by atoms with van der Waals surface area (Å²) in [5.74, 6) is -0.386. The average molecular weight is 435 g/mol. The van der Waals surface area contributed by atoms with Crippen molar-refractivity contribution in [3.05, 3.63) is 11.6 Å². The second-order valence-electron chi connectivity index (χ2n) is 11.0. The highest BCUT2D eigenvalue weighted by Crippen LogP contribution is 2.68. The van der Waals surface area contributed by atoms with Crippen LogP contribution in [0, 0.1) is 28.6 Å². The van der Waals surface area contributed by atoms with E-state index in [-0.39, 0.29) is 47.3 Å². The van der Waals surface area contributed by atoms with Crippen LogP contribution in [-0.2, 0) is 19.1 Å². The van der Waals surface area contributed by atoms with Crippen molar-refractivity contribution < 1.29 is 29.3 Å². The number of allylic oxidation sites excluding steroid dienone is 1. The third kappa shape index (κ3) is 3.28. The maximum atomic E-state index is 12.2. The zero-order valence-corrected chi connectivity index (χ0v) is 19.5. The molecule has 6 nitrogen and oxygen atoms in total. The minimum Gasteiger partial charge on any atom is -0.463 e. The standard InChI is InChI=1S/C25H38O6/c1-14(30-15(2)26)19-9-11-25(29)20-7-6-17-12-18(31-16(3)27)8-10-23(17,4)21(20)13-22(28)24(19,25)5/h6,14,18-22,28-29H,7-13H2,1-5H3/t14?,18-,19+,20?,21?,22+,23-,24-,25-/m0/s1. The predicted molar refractivity (Wildman–Crippen MR) is 115 cm³/mol. The molecule has 0 saturated heterocycles. The first-order chi connectivity index (χ1) is 14.4. The van der Waals surface area contributed by atoms with Crippen LogP contribution in [0.2, 0.25) is 0 Å². The Bertz CT molecular complexity index is 791. The first-order valence-corrected chi connectivity index (χ1v) is 11.9. The molecule has 4 aliphatic carbocycles. The summed E-state index contributed by atoms with van der Waals surface area (Å²) in [5.41, 5.74) is -0.489. The fourth-order valence-corrected chi connectivity index (χ4v) is 8.04. The second-order valence-corrected chi connectivity index (χ2v) is 11.0. The van der Waals surface area contributed by atoms with Crippen molar-refractivity contribution in [2.75, 3.05) is 0 Å². The lowest BCUT2D eigenvalue weighted by Gasteiger charge is -2.63. The Morgan fingerprint density at radius 1 is 1.13 bits per heavy atom. The number of hydrogen-bond acceptors (Lipinski definition) is 6. The van der Waals surface area contributed by atoms with Crippen molar-refractivity contribution in [3.8, 4) is 0 Å². The Morgan fingerprint density at radius 3 is 2.48 bits per heavy atom. The molecule has 3 saturated carbocycles. The van der Waals surface area contributed by atoms with Gasteiger partial charge in [0.2, 0.25) is 0 Å². The molecule has 3 fully saturated rings. The minimum absolute atomic E-state index is 0.0643. The monoisotopic (exact) mass is 434 g/mol. The molecule has 4 aliphatic rings. The van der Waals surface area contributed by atoms with Crippen molar-refractivity contribution in [1.82, 2.24) is 0 Å². The lowest BCUT2D eigenvalue weighted by Crippen LogP contribution is -2.66. The molecule has 0 spiro atoms. The number of hydrogen-bond donors (Lipinski definition) is 2. The highest BCUT2D eigenvalue weighted by atomic mass is 16.5. The van der Waals surface area contributed by atoms with E-state index in [1.807, 2.05) is 13.8 Å². The van der Waals surface area contributed by atoms with Gasteiger partial charge in [0.25, 0.3) is 0 Å². The first kappa shape index (κ1) is 22.8. The summed E-state index contributed by atoms with van der Waals surface area (Å²) in [6.07, 6.45) is 6.42. The van der Waals surface area contributed by atoms with Crippen molar-refractivity contribution in [3.63, 3.8) is 0 Å². The van der Waals surface area contributed by atoms with Crippen LogP contribution in [0.1, 0.15) is 79.6 Å². The zero-order chi connectivity index (χ0) is 22.8. The van der Waals surface area contributed by atoms with Crippen LogP contribution in [0.4, 0.5) is 0 Å². The molecule has 0 aliphatic heterocycles. The van der Waals surface area contributed by atoms with E-state index in [0.717, 1.165) is 32.1 Å². The van der Waals surface area contributed by atoms with Crippen LogP contribution >= 0.6 is 0 Å². The molecule has 0 heterocycles. The molecule has 0 aromatic carbocycles. The second kappa shape index (κ2) is 7.58. The highest BCUT2D eigenvalue weighted by Gasteiger charge is 2.70. The molecule has 0 bridgehead atoms. The molecule has 31 heavy (non-hydrogen) atoms. The van der Waals surface area contributed by atoms with Crippen LogP contribution in [-0.4, -0.2) is 46.1 Å². The number of fused-ring (bicyclic) bond motifs is 5. The largest absolute Gasteiger partial charge is 0.463 e. The van der Waals surface area contributed by atoms with Gasteiger partial charge in [0.15, 0.2) is 0 Å². The van der Waals surface area contributed by atoms with Crippen molar-refractivity contribution in [1.29, 1.82) is 0 Å². The number of aliphatic hydroxyl groups excluding tert-OH is 1. The van der Waals surface area contributed by atoms with Gasteiger partial charge in [-0.1, -0.05) is 25.5 Å². The molecular weight excluding hydrogens is 396 g/mol. The van der Waals surface area contributed by atoms with E-state index in [4.69, 9.17) is 9.47 Å². The van der Waals surface area contributed by atoms with Crippen LogP contribution in [0.5, 0.6) is 0 Å². The zero-order valence-electron chi connectivity index (χ0n) is 19.5. The molecule has 3 unspecified atom stereocenters. The Morgan fingerprint density at radius 2 is 1.84 bits per heavy atom.